The Balaban J connectivity index is 1.85. The zero-order chi connectivity index (χ0) is 13.7. The van der Waals surface area contributed by atoms with Gasteiger partial charge in [-0.2, -0.15) is 0 Å². The van der Waals surface area contributed by atoms with E-state index in [0.29, 0.717) is 18.0 Å². The number of rotatable bonds is 6. The lowest BCUT2D eigenvalue weighted by Gasteiger charge is -2.08. The third-order valence-corrected chi connectivity index (χ3v) is 3.15. The quantitative estimate of drug-likeness (QED) is 0.693. The molecule has 19 heavy (non-hydrogen) atoms. The van der Waals surface area contributed by atoms with Crippen molar-refractivity contribution in [2.24, 2.45) is 5.92 Å². The summed E-state index contributed by atoms with van der Waals surface area (Å²) in [7, 11) is 0. The number of fused-ring (bicyclic) bond motifs is 1. The van der Waals surface area contributed by atoms with E-state index < -0.39 is 0 Å². The first-order valence-electron chi connectivity index (χ1n) is 6.53. The van der Waals surface area contributed by atoms with Crippen molar-refractivity contribution in [3.63, 3.8) is 0 Å². The molecular weight excluding hydrogens is 242 g/mol. The Labute approximate surface area is 112 Å². The third-order valence-electron chi connectivity index (χ3n) is 3.15. The lowest BCUT2D eigenvalue weighted by molar-refractivity contribution is 0.0952. The zero-order valence-electron chi connectivity index (χ0n) is 11.0. The van der Waals surface area contributed by atoms with E-state index in [9.17, 15) is 4.79 Å². The van der Waals surface area contributed by atoms with Crippen LogP contribution in [-0.4, -0.2) is 34.1 Å². The van der Waals surface area contributed by atoms with Crippen LogP contribution in [0.5, 0.6) is 0 Å². The average Bonchev–Trinajstić information content (AvgIpc) is 2.90. The largest absolute Gasteiger partial charge is 0.396 e. The number of hydrogen-bond donors (Lipinski definition) is 3. The highest BCUT2D eigenvalue weighted by molar-refractivity contribution is 5.97. The number of H-pyrrole nitrogens is 1. The number of carbonyl (C=O) groups is 1. The number of hydrogen-bond acceptors (Lipinski definition) is 3. The Kier molecular flexibility index (Phi) is 4.52. The minimum absolute atomic E-state index is 0.0758. The molecule has 0 aliphatic rings. The Hall–Kier alpha value is -1.88. The van der Waals surface area contributed by atoms with Crippen molar-refractivity contribution in [3.05, 3.63) is 30.1 Å². The Morgan fingerprint density at radius 2 is 2.37 bits per heavy atom. The predicted molar refractivity (Wildman–Crippen MR) is 73.9 cm³/mol. The monoisotopic (exact) mass is 261 g/mol. The minimum Gasteiger partial charge on any atom is -0.396 e. The maximum absolute atomic E-state index is 11.9. The Bertz CT molecular complexity index is 550. The van der Waals surface area contributed by atoms with E-state index in [-0.39, 0.29) is 12.5 Å². The van der Waals surface area contributed by atoms with Crippen LogP contribution < -0.4 is 5.32 Å². The normalized spacial score (nSPS) is 12.5. The van der Waals surface area contributed by atoms with Gasteiger partial charge in [0.15, 0.2) is 0 Å². The van der Waals surface area contributed by atoms with E-state index in [4.69, 9.17) is 5.11 Å². The van der Waals surface area contributed by atoms with Crippen molar-refractivity contribution in [2.45, 2.75) is 19.8 Å². The standard InChI is InChI=1S/C14H19N3O2/c1-10(8-18)3-2-6-15-14(19)11-4-5-12-13(7-11)17-9-16-12/h4-5,7,9-10,18H,2-3,6,8H2,1H3,(H,15,19)(H,16,17). The molecule has 0 aliphatic heterocycles. The summed E-state index contributed by atoms with van der Waals surface area (Å²) in [6, 6.07) is 5.40. The predicted octanol–water partition coefficient (Wildman–Crippen LogP) is 1.70. The number of imidazole rings is 1. The molecule has 1 atom stereocenters. The molecule has 0 spiro atoms. The fourth-order valence-electron chi connectivity index (χ4n) is 1.92. The molecule has 2 aromatic rings. The van der Waals surface area contributed by atoms with Crippen LogP contribution in [0.2, 0.25) is 0 Å². The van der Waals surface area contributed by atoms with Gasteiger partial charge >= 0.3 is 0 Å². The van der Waals surface area contributed by atoms with Gasteiger partial charge in [-0.25, -0.2) is 4.98 Å². The minimum atomic E-state index is -0.0758. The fraction of sp³-hybridized carbons (Fsp3) is 0.429. The summed E-state index contributed by atoms with van der Waals surface area (Å²) in [6.07, 6.45) is 3.40. The van der Waals surface area contributed by atoms with Gasteiger partial charge in [0, 0.05) is 18.7 Å². The second kappa shape index (κ2) is 6.33. The van der Waals surface area contributed by atoms with Gasteiger partial charge in [0.05, 0.1) is 17.4 Å². The Morgan fingerprint density at radius 1 is 1.53 bits per heavy atom. The van der Waals surface area contributed by atoms with Gasteiger partial charge in [0.2, 0.25) is 0 Å². The van der Waals surface area contributed by atoms with E-state index in [1.54, 1.807) is 18.5 Å². The molecule has 1 heterocycles. The topological polar surface area (TPSA) is 78.0 Å². The number of aromatic amines is 1. The molecule has 0 fully saturated rings. The van der Waals surface area contributed by atoms with Crippen molar-refractivity contribution >= 4 is 16.9 Å². The zero-order valence-corrected chi connectivity index (χ0v) is 11.0. The molecule has 1 amide bonds. The molecule has 0 aliphatic carbocycles. The molecule has 2 rings (SSSR count). The molecule has 5 heteroatoms. The van der Waals surface area contributed by atoms with Crippen LogP contribution in [0.25, 0.3) is 11.0 Å². The molecule has 5 nitrogen and oxygen atoms in total. The van der Waals surface area contributed by atoms with Crippen LogP contribution in [-0.2, 0) is 0 Å². The second-order valence-electron chi connectivity index (χ2n) is 4.82. The fourth-order valence-corrected chi connectivity index (χ4v) is 1.92. The van der Waals surface area contributed by atoms with Gasteiger partial charge in [-0.05, 0) is 37.0 Å². The highest BCUT2D eigenvalue weighted by atomic mass is 16.3. The molecular formula is C14H19N3O2. The van der Waals surface area contributed by atoms with Crippen molar-refractivity contribution in [2.75, 3.05) is 13.2 Å². The molecule has 0 saturated heterocycles. The van der Waals surface area contributed by atoms with Crippen LogP contribution in [0, 0.1) is 5.92 Å². The summed E-state index contributed by atoms with van der Waals surface area (Å²) in [5, 5.41) is 11.8. The lowest BCUT2D eigenvalue weighted by atomic mass is 10.1. The molecule has 102 valence electrons. The van der Waals surface area contributed by atoms with E-state index in [0.717, 1.165) is 23.9 Å². The van der Waals surface area contributed by atoms with Crippen LogP contribution >= 0.6 is 0 Å². The third kappa shape index (κ3) is 3.54. The SMILES string of the molecule is CC(CO)CCCNC(=O)c1ccc2nc[nH]c2c1. The van der Waals surface area contributed by atoms with Gasteiger partial charge in [-0.15, -0.1) is 0 Å². The number of aliphatic hydroxyl groups is 1. The lowest BCUT2D eigenvalue weighted by Crippen LogP contribution is -2.24. The van der Waals surface area contributed by atoms with E-state index in [1.165, 1.54) is 0 Å². The van der Waals surface area contributed by atoms with E-state index in [1.807, 2.05) is 13.0 Å². The molecule has 1 aromatic heterocycles. The van der Waals surface area contributed by atoms with Gasteiger partial charge in [-0.3, -0.25) is 4.79 Å². The first-order valence-corrected chi connectivity index (χ1v) is 6.53. The molecule has 1 unspecified atom stereocenters. The summed E-state index contributed by atoms with van der Waals surface area (Å²) in [4.78, 5) is 19.0. The highest BCUT2D eigenvalue weighted by Crippen LogP contribution is 2.11. The summed E-state index contributed by atoms with van der Waals surface area (Å²) in [5.74, 6) is 0.214. The number of nitrogens with zero attached hydrogens (tertiary/aromatic N) is 1. The van der Waals surface area contributed by atoms with Crippen molar-refractivity contribution < 1.29 is 9.90 Å². The maximum Gasteiger partial charge on any atom is 0.251 e. The first-order chi connectivity index (χ1) is 9.20. The number of amides is 1. The second-order valence-corrected chi connectivity index (χ2v) is 4.82. The van der Waals surface area contributed by atoms with Crippen LogP contribution in [0.1, 0.15) is 30.1 Å². The Morgan fingerprint density at radius 3 is 3.16 bits per heavy atom. The first kappa shape index (κ1) is 13.5. The van der Waals surface area contributed by atoms with Crippen molar-refractivity contribution in [1.29, 1.82) is 0 Å². The molecule has 0 saturated carbocycles. The summed E-state index contributed by atoms with van der Waals surface area (Å²) in [5.41, 5.74) is 2.35. The average molecular weight is 261 g/mol. The van der Waals surface area contributed by atoms with Crippen LogP contribution in [0.3, 0.4) is 0 Å². The smallest absolute Gasteiger partial charge is 0.251 e. The summed E-state index contributed by atoms with van der Waals surface area (Å²) < 4.78 is 0. The molecule has 1 aromatic carbocycles. The van der Waals surface area contributed by atoms with Crippen molar-refractivity contribution in [3.8, 4) is 0 Å². The summed E-state index contributed by atoms with van der Waals surface area (Å²) in [6.45, 7) is 2.82. The van der Waals surface area contributed by atoms with Gasteiger partial charge < -0.3 is 15.4 Å². The maximum atomic E-state index is 11.9. The van der Waals surface area contributed by atoms with E-state index >= 15 is 0 Å². The van der Waals surface area contributed by atoms with Crippen LogP contribution in [0.4, 0.5) is 0 Å². The number of benzene rings is 1. The number of aromatic nitrogens is 2. The number of nitrogens with one attached hydrogen (secondary N) is 2. The van der Waals surface area contributed by atoms with Crippen LogP contribution in [0.15, 0.2) is 24.5 Å². The number of carbonyl (C=O) groups excluding carboxylic acids is 1. The van der Waals surface area contributed by atoms with E-state index in [2.05, 4.69) is 15.3 Å². The molecule has 3 N–H and O–H groups in total. The van der Waals surface area contributed by atoms with Gasteiger partial charge in [-0.1, -0.05) is 6.92 Å². The highest BCUT2D eigenvalue weighted by Gasteiger charge is 2.07. The van der Waals surface area contributed by atoms with Gasteiger partial charge in [0.1, 0.15) is 0 Å². The van der Waals surface area contributed by atoms with Crippen molar-refractivity contribution in [1.82, 2.24) is 15.3 Å². The van der Waals surface area contributed by atoms with Gasteiger partial charge in [0.25, 0.3) is 5.91 Å². The molecule has 0 radical (unpaired) electrons. The molecule has 0 bridgehead atoms. The summed E-state index contributed by atoms with van der Waals surface area (Å²) >= 11 is 0. The number of aliphatic hydroxyl groups excluding tert-OH is 1.